The Balaban J connectivity index is 2.29. The van der Waals surface area contributed by atoms with E-state index in [4.69, 9.17) is 4.42 Å². The van der Waals surface area contributed by atoms with Crippen LogP contribution in [-0.4, -0.2) is 11.5 Å². The molecule has 0 aliphatic heterocycles. The molecule has 0 bridgehead atoms. The lowest BCUT2D eigenvalue weighted by atomic mass is 10.1. The topological polar surface area (TPSA) is 68.3 Å². The molecule has 100 valence electrons. The van der Waals surface area contributed by atoms with Crippen molar-refractivity contribution in [3.05, 3.63) is 50.7 Å². The van der Waals surface area contributed by atoms with Gasteiger partial charge in [-0.2, -0.15) is 0 Å². The Kier molecular flexibility index (Phi) is 4.34. The van der Waals surface area contributed by atoms with Crippen molar-refractivity contribution in [2.24, 2.45) is 0 Å². The Labute approximate surface area is 118 Å². The number of hydrogen-bond donors (Lipinski definition) is 1. The Morgan fingerprint density at radius 1 is 1.37 bits per heavy atom. The third-order valence-electron chi connectivity index (χ3n) is 2.64. The summed E-state index contributed by atoms with van der Waals surface area (Å²) in [6, 6.07) is 8.62. The van der Waals surface area contributed by atoms with Gasteiger partial charge in [-0.25, -0.2) is 0 Å². The van der Waals surface area contributed by atoms with Crippen LogP contribution in [0.1, 0.15) is 12.7 Å². The van der Waals surface area contributed by atoms with Crippen LogP contribution >= 0.6 is 15.9 Å². The minimum absolute atomic E-state index is 0.0298. The molecular weight excluding hydrogens is 312 g/mol. The molecule has 2 rings (SSSR count). The minimum atomic E-state index is -0.421. The van der Waals surface area contributed by atoms with Crippen molar-refractivity contribution in [3.8, 4) is 11.3 Å². The number of halogens is 1. The van der Waals surface area contributed by atoms with Crippen molar-refractivity contribution in [1.82, 2.24) is 5.32 Å². The molecule has 6 heteroatoms. The van der Waals surface area contributed by atoms with Crippen LogP contribution in [0.2, 0.25) is 0 Å². The molecule has 0 unspecified atom stereocenters. The first-order valence-corrected chi connectivity index (χ1v) is 6.65. The zero-order chi connectivity index (χ0) is 13.8. The Hall–Kier alpha value is -1.66. The monoisotopic (exact) mass is 324 g/mol. The lowest BCUT2D eigenvalue weighted by molar-refractivity contribution is -0.385. The maximum absolute atomic E-state index is 10.9. The fraction of sp³-hybridized carbons (Fsp3) is 0.231. The highest BCUT2D eigenvalue weighted by molar-refractivity contribution is 9.10. The van der Waals surface area contributed by atoms with E-state index in [0.717, 1.165) is 12.3 Å². The molecule has 2 aromatic rings. The predicted molar refractivity (Wildman–Crippen MR) is 75.9 cm³/mol. The van der Waals surface area contributed by atoms with Crippen molar-refractivity contribution >= 4 is 21.6 Å². The highest BCUT2D eigenvalue weighted by Gasteiger charge is 2.14. The van der Waals surface area contributed by atoms with Gasteiger partial charge in [0.2, 0.25) is 0 Å². The lowest BCUT2D eigenvalue weighted by Gasteiger charge is -2.00. The molecular formula is C13H13BrN2O3. The van der Waals surface area contributed by atoms with Crippen LogP contribution < -0.4 is 5.32 Å². The minimum Gasteiger partial charge on any atom is -0.460 e. The number of nitro benzene ring substituents is 1. The first-order valence-electron chi connectivity index (χ1n) is 5.85. The van der Waals surface area contributed by atoms with Gasteiger partial charge in [0.15, 0.2) is 0 Å². The van der Waals surface area contributed by atoms with E-state index in [2.05, 4.69) is 21.2 Å². The highest BCUT2D eigenvalue weighted by atomic mass is 79.9. The van der Waals surface area contributed by atoms with Crippen molar-refractivity contribution in [3.63, 3.8) is 0 Å². The largest absolute Gasteiger partial charge is 0.460 e. The summed E-state index contributed by atoms with van der Waals surface area (Å²) >= 11 is 3.16. The summed E-state index contributed by atoms with van der Waals surface area (Å²) < 4.78 is 6.10. The number of nitro groups is 1. The van der Waals surface area contributed by atoms with E-state index >= 15 is 0 Å². The second kappa shape index (κ2) is 5.99. The van der Waals surface area contributed by atoms with Gasteiger partial charge >= 0.3 is 0 Å². The molecule has 0 aliphatic carbocycles. The SMILES string of the molecule is CCNCc1ccc(-c2ccc(Br)c([N+](=O)[O-])c2)o1. The summed E-state index contributed by atoms with van der Waals surface area (Å²) in [7, 11) is 0. The molecule has 0 spiro atoms. The molecule has 0 saturated carbocycles. The van der Waals surface area contributed by atoms with Gasteiger partial charge in [0.1, 0.15) is 11.5 Å². The lowest BCUT2D eigenvalue weighted by Crippen LogP contribution is -2.10. The quantitative estimate of drug-likeness (QED) is 0.672. The van der Waals surface area contributed by atoms with Crippen molar-refractivity contribution in [2.75, 3.05) is 6.54 Å². The second-order valence-corrected chi connectivity index (χ2v) is 4.82. The number of hydrogen-bond acceptors (Lipinski definition) is 4. The van der Waals surface area contributed by atoms with E-state index in [-0.39, 0.29) is 5.69 Å². The first-order chi connectivity index (χ1) is 9.11. The van der Waals surface area contributed by atoms with Crippen LogP contribution in [0, 0.1) is 10.1 Å². The predicted octanol–water partition coefficient (Wildman–Crippen LogP) is 3.73. The van der Waals surface area contributed by atoms with Crippen molar-refractivity contribution in [1.29, 1.82) is 0 Å². The second-order valence-electron chi connectivity index (χ2n) is 3.97. The molecule has 1 N–H and O–H groups in total. The van der Waals surface area contributed by atoms with E-state index in [9.17, 15) is 10.1 Å². The fourth-order valence-corrected chi connectivity index (χ4v) is 2.07. The summed E-state index contributed by atoms with van der Waals surface area (Å²) in [5, 5.41) is 14.0. The molecule has 0 saturated heterocycles. The van der Waals surface area contributed by atoms with Crippen molar-refractivity contribution in [2.45, 2.75) is 13.5 Å². The molecule has 0 radical (unpaired) electrons. The van der Waals surface area contributed by atoms with E-state index in [1.54, 1.807) is 12.1 Å². The molecule has 0 atom stereocenters. The molecule has 0 amide bonds. The molecule has 1 aromatic heterocycles. The first kappa shape index (κ1) is 13.8. The Bertz CT molecular complexity index is 595. The van der Waals surface area contributed by atoms with Gasteiger partial charge in [-0.3, -0.25) is 10.1 Å². The third kappa shape index (κ3) is 3.21. The smallest absolute Gasteiger partial charge is 0.284 e. The van der Waals surface area contributed by atoms with Gasteiger partial charge in [-0.1, -0.05) is 6.92 Å². The summed E-state index contributed by atoms with van der Waals surface area (Å²) in [5.74, 6) is 1.44. The number of nitrogens with one attached hydrogen (secondary N) is 1. The summed E-state index contributed by atoms with van der Waals surface area (Å²) in [6.07, 6.45) is 0. The number of furan rings is 1. The van der Waals surface area contributed by atoms with E-state index in [0.29, 0.717) is 22.3 Å². The standard InChI is InChI=1S/C13H13BrN2O3/c1-2-15-8-10-4-6-13(19-10)9-3-5-11(14)12(7-9)16(17)18/h3-7,15H,2,8H2,1H3. The van der Waals surface area contributed by atoms with Gasteiger partial charge in [-0.15, -0.1) is 0 Å². The average Bonchev–Trinajstić information content (AvgIpc) is 2.85. The summed E-state index contributed by atoms with van der Waals surface area (Å²) in [5.41, 5.74) is 0.722. The zero-order valence-electron chi connectivity index (χ0n) is 10.4. The summed E-state index contributed by atoms with van der Waals surface area (Å²) in [6.45, 7) is 3.52. The molecule has 1 aromatic carbocycles. The number of rotatable bonds is 5. The van der Waals surface area contributed by atoms with Gasteiger partial charge in [-0.05, 0) is 46.7 Å². The number of benzene rings is 1. The molecule has 0 fully saturated rings. The highest BCUT2D eigenvalue weighted by Crippen LogP contribution is 2.31. The normalized spacial score (nSPS) is 10.6. The van der Waals surface area contributed by atoms with Gasteiger partial charge < -0.3 is 9.73 Å². The molecule has 0 aliphatic rings. The fourth-order valence-electron chi connectivity index (χ4n) is 1.68. The van der Waals surface area contributed by atoms with Crippen molar-refractivity contribution < 1.29 is 9.34 Å². The summed E-state index contributed by atoms with van der Waals surface area (Å²) in [4.78, 5) is 10.5. The van der Waals surface area contributed by atoms with Crippen LogP contribution in [0.3, 0.4) is 0 Å². The van der Waals surface area contributed by atoms with Crippen LogP contribution in [0.25, 0.3) is 11.3 Å². The van der Waals surface area contributed by atoms with Gasteiger partial charge in [0, 0.05) is 11.6 Å². The van der Waals surface area contributed by atoms with Crippen LogP contribution in [0.15, 0.2) is 39.2 Å². The molecule has 5 nitrogen and oxygen atoms in total. The van der Waals surface area contributed by atoms with Crippen LogP contribution in [-0.2, 0) is 6.54 Å². The van der Waals surface area contributed by atoms with Crippen LogP contribution in [0.4, 0.5) is 5.69 Å². The average molecular weight is 325 g/mol. The van der Waals surface area contributed by atoms with Gasteiger partial charge in [0.05, 0.1) is 15.9 Å². The van der Waals surface area contributed by atoms with E-state index < -0.39 is 4.92 Å². The Morgan fingerprint density at radius 3 is 2.84 bits per heavy atom. The number of nitrogens with zero attached hydrogens (tertiary/aromatic N) is 1. The Morgan fingerprint density at radius 2 is 2.16 bits per heavy atom. The van der Waals surface area contributed by atoms with Gasteiger partial charge in [0.25, 0.3) is 5.69 Å². The maximum atomic E-state index is 10.9. The zero-order valence-corrected chi connectivity index (χ0v) is 11.9. The van der Waals surface area contributed by atoms with E-state index in [1.807, 2.05) is 19.1 Å². The maximum Gasteiger partial charge on any atom is 0.284 e. The van der Waals surface area contributed by atoms with Crippen LogP contribution in [0.5, 0.6) is 0 Å². The third-order valence-corrected chi connectivity index (χ3v) is 3.31. The molecule has 1 heterocycles. The van der Waals surface area contributed by atoms with E-state index in [1.165, 1.54) is 6.07 Å². The molecule has 19 heavy (non-hydrogen) atoms.